The van der Waals surface area contributed by atoms with Crippen LogP contribution in [-0.4, -0.2) is 21.2 Å². The van der Waals surface area contributed by atoms with Crippen LogP contribution in [0.5, 0.6) is 5.75 Å². The zero-order valence-electron chi connectivity index (χ0n) is 9.79. The van der Waals surface area contributed by atoms with Crippen LogP contribution in [0.2, 0.25) is 0 Å². The minimum absolute atomic E-state index is 0.00428. The molecule has 0 amide bonds. The van der Waals surface area contributed by atoms with Gasteiger partial charge in [0.25, 0.3) is 0 Å². The van der Waals surface area contributed by atoms with E-state index < -0.39 is 5.97 Å². The summed E-state index contributed by atoms with van der Waals surface area (Å²) < 4.78 is 10.2. The van der Waals surface area contributed by atoms with E-state index in [9.17, 15) is 4.79 Å². The highest BCUT2D eigenvalue weighted by atomic mass is 16.5. The first kappa shape index (κ1) is 12.1. The molecule has 0 radical (unpaired) electrons. The Hall–Kier alpha value is -2.37. The lowest BCUT2D eigenvalue weighted by Gasteiger charge is -2.03. The molecule has 0 atom stereocenters. The predicted molar refractivity (Wildman–Crippen MR) is 61.1 cm³/mol. The van der Waals surface area contributed by atoms with Gasteiger partial charge in [0.05, 0.1) is 6.42 Å². The highest BCUT2D eigenvalue weighted by Crippen LogP contribution is 2.14. The molecule has 1 heterocycles. The molecule has 6 heteroatoms. The summed E-state index contributed by atoms with van der Waals surface area (Å²) in [5, 5.41) is 12.3. The minimum Gasteiger partial charge on any atom is -0.485 e. The first-order valence-electron chi connectivity index (χ1n) is 5.36. The molecular formula is C12H12N2O4. The average Bonchev–Trinajstić information content (AvgIpc) is 2.74. The lowest BCUT2D eigenvalue weighted by molar-refractivity contribution is -0.136. The van der Waals surface area contributed by atoms with Gasteiger partial charge in [0.1, 0.15) is 5.75 Å². The second-order valence-corrected chi connectivity index (χ2v) is 3.73. The number of rotatable bonds is 5. The average molecular weight is 248 g/mol. The number of carboxylic acid groups (broad SMARTS) is 1. The molecule has 0 fully saturated rings. The van der Waals surface area contributed by atoms with Crippen molar-refractivity contribution in [1.82, 2.24) is 10.1 Å². The van der Waals surface area contributed by atoms with Gasteiger partial charge in [-0.1, -0.05) is 17.3 Å². The van der Waals surface area contributed by atoms with Gasteiger partial charge in [-0.25, -0.2) is 0 Å². The molecule has 0 saturated heterocycles. The predicted octanol–water partition coefficient (Wildman–Crippen LogP) is 1.58. The van der Waals surface area contributed by atoms with Gasteiger partial charge in [0, 0.05) is 6.92 Å². The van der Waals surface area contributed by atoms with E-state index in [1.54, 1.807) is 31.2 Å². The van der Waals surface area contributed by atoms with Crippen molar-refractivity contribution in [2.45, 2.75) is 20.0 Å². The third-order valence-corrected chi connectivity index (χ3v) is 2.22. The van der Waals surface area contributed by atoms with Crippen molar-refractivity contribution >= 4 is 5.97 Å². The van der Waals surface area contributed by atoms with Crippen LogP contribution in [0.3, 0.4) is 0 Å². The minimum atomic E-state index is -0.856. The van der Waals surface area contributed by atoms with E-state index in [4.69, 9.17) is 14.4 Å². The van der Waals surface area contributed by atoms with Gasteiger partial charge < -0.3 is 14.4 Å². The van der Waals surface area contributed by atoms with Crippen LogP contribution >= 0.6 is 0 Å². The summed E-state index contributed by atoms with van der Waals surface area (Å²) in [4.78, 5) is 14.5. The van der Waals surface area contributed by atoms with Crippen LogP contribution in [0.15, 0.2) is 28.8 Å². The van der Waals surface area contributed by atoms with Crippen LogP contribution < -0.4 is 4.74 Å². The van der Waals surface area contributed by atoms with Crippen molar-refractivity contribution in [1.29, 1.82) is 0 Å². The van der Waals surface area contributed by atoms with Crippen molar-refractivity contribution < 1.29 is 19.2 Å². The Balaban J connectivity index is 1.92. The Morgan fingerprint density at radius 2 is 2.11 bits per heavy atom. The van der Waals surface area contributed by atoms with Gasteiger partial charge in [0.15, 0.2) is 6.61 Å². The maximum absolute atomic E-state index is 10.5. The van der Waals surface area contributed by atoms with E-state index in [-0.39, 0.29) is 13.0 Å². The van der Waals surface area contributed by atoms with Crippen LogP contribution in [0.1, 0.15) is 17.3 Å². The molecule has 1 aromatic heterocycles. The Labute approximate surface area is 103 Å². The van der Waals surface area contributed by atoms with E-state index in [2.05, 4.69) is 10.1 Å². The van der Waals surface area contributed by atoms with E-state index in [1.807, 2.05) is 0 Å². The number of aromatic nitrogens is 2. The lowest BCUT2D eigenvalue weighted by Crippen LogP contribution is -2.00. The molecule has 94 valence electrons. The Bertz CT molecular complexity index is 533. The number of benzene rings is 1. The Kier molecular flexibility index (Phi) is 3.57. The van der Waals surface area contributed by atoms with Crippen LogP contribution in [0, 0.1) is 6.92 Å². The Morgan fingerprint density at radius 3 is 2.67 bits per heavy atom. The van der Waals surface area contributed by atoms with Gasteiger partial charge in [-0.05, 0) is 17.7 Å². The topological polar surface area (TPSA) is 85.5 Å². The summed E-state index contributed by atoms with van der Waals surface area (Å²) in [6, 6.07) is 6.85. The molecule has 18 heavy (non-hydrogen) atoms. The van der Waals surface area contributed by atoms with E-state index in [1.165, 1.54) is 0 Å². The van der Waals surface area contributed by atoms with Gasteiger partial charge >= 0.3 is 5.97 Å². The van der Waals surface area contributed by atoms with E-state index >= 15 is 0 Å². The molecule has 0 aliphatic carbocycles. The fourth-order valence-corrected chi connectivity index (χ4v) is 1.43. The molecule has 0 aliphatic heterocycles. The number of aliphatic carboxylic acids is 1. The molecule has 6 nitrogen and oxygen atoms in total. The highest BCUT2D eigenvalue weighted by molar-refractivity contribution is 5.70. The normalized spacial score (nSPS) is 10.3. The second-order valence-electron chi connectivity index (χ2n) is 3.73. The first-order chi connectivity index (χ1) is 8.63. The zero-order valence-corrected chi connectivity index (χ0v) is 9.79. The maximum atomic E-state index is 10.5. The quantitative estimate of drug-likeness (QED) is 0.864. The number of ether oxygens (including phenoxy) is 1. The van der Waals surface area contributed by atoms with Gasteiger partial charge in [0.2, 0.25) is 11.7 Å². The van der Waals surface area contributed by atoms with Gasteiger partial charge in [-0.15, -0.1) is 0 Å². The summed E-state index contributed by atoms with van der Waals surface area (Å²) in [7, 11) is 0. The summed E-state index contributed by atoms with van der Waals surface area (Å²) in [6.07, 6.45) is 0.00428. The first-order valence-corrected chi connectivity index (χ1v) is 5.36. The molecule has 0 unspecified atom stereocenters. The number of hydrogen-bond donors (Lipinski definition) is 1. The van der Waals surface area contributed by atoms with Crippen LogP contribution in [0.4, 0.5) is 0 Å². The van der Waals surface area contributed by atoms with Crippen molar-refractivity contribution in [2.75, 3.05) is 0 Å². The Morgan fingerprint density at radius 1 is 1.39 bits per heavy atom. The molecule has 0 spiro atoms. The summed E-state index contributed by atoms with van der Waals surface area (Å²) >= 11 is 0. The number of carbonyl (C=O) groups is 1. The summed E-state index contributed by atoms with van der Waals surface area (Å²) in [5.41, 5.74) is 0.727. The number of carboxylic acids is 1. The van der Waals surface area contributed by atoms with Crippen molar-refractivity contribution in [3.8, 4) is 5.75 Å². The molecule has 0 bridgehead atoms. The third kappa shape index (κ3) is 3.31. The lowest BCUT2D eigenvalue weighted by atomic mass is 10.1. The molecule has 0 saturated carbocycles. The fraction of sp³-hybridized carbons (Fsp3) is 0.250. The van der Waals surface area contributed by atoms with Crippen molar-refractivity contribution in [3.63, 3.8) is 0 Å². The number of aryl methyl sites for hydroxylation is 1. The maximum Gasteiger partial charge on any atom is 0.307 e. The molecular weight excluding hydrogens is 236 g/mol. The van der Waals surface area contributed by atoms with E-state index in [0.717, 1.165) is 5.56 Å². The third-order valence-electron chi connectivity index (χ3n) is 2.22. The van der Waals surface area contributed by atoms with Gasteiger partial charge in [-0.2, -0.15) is 4.98 Å². The van der Waals surface area contributed by atoms with E-state index in [0.29, 0.717) is 17.5 Å². The zero-order chi connectivity index (χ0) is 13.0. The highest BCUT2D eigenvalue weighted by Gasteiger charge is 2.04. The molecule has 1 aromatic carbocycles. The monoisotopic (exact) mass is 248 g/mol. The van der Waals surface area contributed by atoms with Crippen molar-refractivity contribution in [2.24, 2.45) is 0 Å². The fourth-order valence-electron chi connectivity index (χ4n) is 1.43. The standard InChI is InChI=1S/C12H12N2O4/c1-8-13-11(14-18-8)7-17-10-4-2-9(3-5-10)6-12(15)16/h2-5H,6-7H2,1H3,(H,15,16). The largest absolute Gasteiger partial charge is 0.485 e. The SMILES string of the molecule is Cc1nc(COc2ccc(CC(=O)O)cc2)no1. The molecule has 2 aromatic rings. The summed E-state index contributed by atoms with van der Waals surface area (Å²) in [6.45, 7) is 1.92. The smallest absolute Gasteiger partial charge is 0.307 e. The number of nitrogens with zero attached hydrogens (tertiary/aromatic N) is 2. The second kappa shape index (κ2) is 5.31. The van der Waals surface area contributed by atoms with Crippen LogP contribution in [-0.2, 0) is 17.8 Å². The number of hydrogen-bond acceptors (Lipinski definition) is 5. The molecule has 1 N–H and O–H groups in total. The molecule has 2 rings (SSSR count). The summed E-state index contributed by atoms with van der Waals surface area (Å²) in [5.74, 6) is 0.741. The molecule has 0 aliphatic rings. The van der Waals surface area contributed by atoms with Crippen molar-refractivity contribution in [3.05, 3.63) is 41.5 Å². The van der Waals surface area contributed by atoms with Gasteiger partial charge in [-0.3, -0.25) is 4.79 Å². The van der Waals surface area contributed by atoms with Crippen LogP contribution in [0.25, 0.3) is 0 Å².